The Morgan fingerprint density at radius 3 is 2.84 bits per heavy atom. The van der Waals surface area contributed by atoms with Crippen LogP contribution in [0.5, 0.6) is 0 Å². The van der Waals surface area contributed by atoms with Gasteiger partial charge in [0.25, 0.3) is 0 Å². The van der Waals surface area contributed by atoms with Gasteiger partial charge in [-0.05, 0) is 43.7 Å². The lowest BCUT2D eigenvalue weighted by Gasteiger charge is -2.13. The summed E-state index contributed by atoms with van der Waals surface area (Å²) in [4.78, 5) is 14.6. The third kappa shape index (κ3) is 1.95. The summed E-state index contributed by atoms with van der Waals surface area (Å²) >= 11 is 0. The largest absolute Gasteiger partial charge is 0.477 e. The molecule has 1 aliphatic carbocycles. The first-order valence-electron chi connectivity index (χ1n) is 6.72. The van der Waals surface area contributed by atoms with E-state index in [1.165, 1.54) is 12.0 Å². The lowest BCUT2D eigenvalue weighted by molar-refractivity contribution is 0.0691. The van der Waals surface area contributed by atoms with Gasteiger partial charge in [-0.15, -0.1) is 0 Å². The fourth-order valence-corrected chi connectivity index (χ4v) is 2.92. The van der Waals surface area contributed by atoms with Crippen LogP contribution < -0.4 is 0 Å². The second-order valence-electron chi connectivity index (χ2n) is 5.15. The van der Waals surface area contributed by atoms with E-state index >= 15 is 0 Å². The Morgan fingerprint density at radius 1 is 1.32 bits per heavy atom. The van der Waals surface area contributed by atoms with Crippen LogP contribution in [0.2, 0.25) is 0 Å². The summed E-state index contributed by atoms with van der Waals surface area (Å²) < 4.78 is 0. The molecule has 0 spiro atoms. The van der Waals surface area contributed by atoms with Crippen molar-refractivity contribution in [2.75, 3.05) is 0 Å². The lowest BCUT2D eigenvalue weighted by Crippen LogP contribution is -2.02. The number of carboxylic acids is 1. The van der Waals surface area contributed by atoms with E-state index in [9.17, 15) is 9.90 Å². The van der Waals surface area contributed by atoms with Crippen LogP contribution in [-0.4, -0.2) is 16.1 Å². The van der Waals surface area contributed by atoms with Crippen LogP contribution in [0, 0.1) is 6.92 Å². The molecule has 0 atom stereocenters. The molecule has 1 aromatic carbocycles. The number of fused-ring (bicyclic) bond motifs is 1. The summed E-state index contributed by atoms with van der Waals surface area (Å²) in [5.41, 5.74) is 4.44. The number of allylic oxidation sites excluding steroid dienone is 2. The predicted molar refractivity (Wildman–Crippen MR) is 76.4 cm³/mol. The molecule has 19 heavy (non-hydrogen) atoms. The average molecular weight is 255 g/mol. The van der Waals surface area contributed by atoms with Crippen LogP contribution in [-0.2, 0) is 0 Å². The van der Waals surface area contributed by atoms with Gasteiger partial charge in [-0.2, -0.15) is 0 Å². The fraction of sp³-hybridized carbons (Fsp3) is 0.312. The van der Waals surface area contributed by atoms with E-state index in [-0.39, 0.29) is 0 Å². The van der Waals surface area contributed by atoms with Gasteiger partial charge in [0.2, 0.25) is 0 Å². The number of nitrogens with one attached hydrogen (secondary N) is 1. The lowest BCUT2D eigenvalue weighted by atomic mass is 9.91. The van der Waals surface area contributed by atoms with Crippen molar-refractivity contribution >= 4 is 22.4 Å². The highest BCUT2D eigenvalue weighted by Gasteiger charge is 2.21. The van der Waals surface area contributed by atoms with Crippen molar-refractivity contribution in [3.63, 3.8) is 0 Å². The van der Waals surface area contributed by atoms with E-state index in [0.29, 0.717) is 5.69 Å². The third-order valence-corrected chi connectivity index (χ3v) is 3.87. The molecule has 1 aliphatic rings. The van der Waals surface area contributed by atoms with Gasteiger partial charge in [0.05, 0.1) is 0 Å². The smallest absolute Gasteiger partial charge is 0.352 e. The number of aryl methyl sites for hydroxylation is 1. The minimum atomic E-state index is -0.878. The highest BCUT2D eigenvalue weighted by atomic mass is 16.4. The molecule has 3 rings (SSSR count). The first kappa shape index (κ1) is 12.0. The maximum absolute atomic E-state index is 11.5. The molecule has 1 heterocycles. The quantitative estimate of drug-likeness (QED) is 0.847. The molecule has 98 valence electrons. The number of hydrogen-bond donors (Lipinski definition) is 2. The van der Waals surface area contributed by atoms with Gasteiger partial charge in [0.15, 0.2) is 0 Å². The number of rotatable bonds is 2. The van der Waals surface area contributed by atoms with Crippen molar-refractivity contribution in [1.29, 1.82) is 0 Å². The van der Waals surface area contributed by atoms with E-state index in [0.717, 1.165) is 41.3 Å². The summed E-state index contributed by atoms with van der Waals surface area (Å²) in [5, 5.41) is 10.5. The highest BCUT2D eigenvalue weighted by Crippen LogP contribution is 2.35. The second-order valence-corrected chi connectivity index (χ2v) is 5.15. The maximum atomic E-state index is 11.5. The molecule has 2 N–H and O–H groups in total. The molecule has 3 nitrogen and oxygen atoms in total. The Balaban J connectivity index is 2.31. The highest BCUT2D eigenvalue weighted by molar-refractivity contribution is 6.05. The summed E-state index contributed by atoms with van der Waals surface area (Å²) in [7, 11) is 0. The minimum absolute atomic E-state index is 0.331. The molecule has 1 aromatic heterocycles. The van der Waals surface area contributed by atoms with E-state index < -0.39 is 5.97 Å². The zero-order chi connectivity index (χ0) is 13.4. The number of aromatic nitrogens is 1. The van der Waals surface area contributed by atoms with Crippen LogP contribution in [0.25, 0.3) is 16.5 Å². The molecule has 0 unspecified atom stereocenters. The molecule has 0 aliphatic heterocycles. The average Bonchev–Trinajstić information content (AvgIpc) is 2.81. The molecule has 0 saturated carbocycles. The molecule has 0 saturated heterocycles. The van der Waals surface area contributed by atoms with Crippen LogP contribution in [0.4, 0.5) is 0 Å². The van der Waals surface area contributed by atoms with Gasteiger partial charge >= 0.3 is 5.97 Å². The van der Waals surface area contributed by atoms with Gasteiger partial charge in [-0.25, -0.2) is 4.79 Å². The van der Waals surface area contributed by atoms with Crippen LogP contribution in [0.3, 0.4) is 0 Å². The van der Waals surface area contributed by atoms with Gasteiger partial charge < -0.3 is 10.1 Å². The van der Waals surface area contributed by atoms with Crippen LogP contribution >= 0.6 is 0 Å². The zero-order valence-corrected chi connectivity index (χ0v) is 11.0. The van der Waals surface area contributed by atoms with E-state index in [4.69, 9.17) is 0 Å². The van der Waals surface area contributed by atoms with Crippen molar-refractivity contribution in [3.8, 4) is 0 Å². The van der Waals surface area contributed by atoms with Gasteiger partial charge in [0, 0.05) is 16.5 Å². The van der Waals surface area contributed by atoms with E-state index in [2.05, 4.69) is 11.1 Å². The van der Waals surface area contributed by atoms with Crippen LogP contribution in [0.1, 0.15) is 47.3 Å². The molecular weight excluding hydrogens is 238 g/mol. The number of aromatic amines is 1. The number of carbonyl (C=O) groups is 1. The topological polar surface area (TPSA) is 53.1 Å². The third-order valence-electron chi connectivity index (χ3n) is 3.87. The molecule has 2 aromatic rings. The molecule has 0 amide bonds. The van der Waals surface area contributed by atoms with Crippen molar-refractivity contribution in [3.05, 3.63) is 41.1 Å². The van der Waals surface area contributed by atoms with Crippen LogP contribution in [0.15, 0.2) is 24.3 Å². The minimum Gasteiger partial charge on any atom is -0.477 e. The SMILES string of the molecule is Cc1cccc2c(C3=CCCCC3)c(C(=O)O)[nH]c12. The molecule has 3 heteroatoms. The molecule has 0 fully saturated rings. The zero-order valence-electron chi connectivity index (χ0n) is 11.0. The fourth-order valence-electron chi connectivity index (χ4n) is 2.92. The first-order valence-corrected chi connectivity index (χ1v) is 6.72. The van der Waals surface area contributed by atoms with Gasteiger partial charge in [-0.3, -0.25) is 0 Å². The Bertz CT molecular complexity index is 679. The summed E-state index contributed by atoms with van der Waals surface area (Å²) in [6, 6.07) is 6.00. The number of H-pyrrole nitrogens is 1. The Kier molecular flexibility index (Phi) is 2.90. The maximum Gasteiger partial charge on any atom is 0.352 e. The van der Waals surface area contributed by atoms with Crippen molar-refractivity contribution in [2.24, 2.45) is 0 Å². The standard InChI is InChI=1S/C16H17NO2/c1-10-6-5-9-12-13(11-7-3-2-4-8-11)15(16(18)19)17-14(10)12/h5-7,9,17H,2-4,8H2,1H3,(H,18,19). The number of aromatic carboxylic acids is 1. The number of hydrogen-bond acceptors (Lipinski definition) is 1. The predicted octanol–water partition coefficient (Wildman–Crippen LogP) is 4.13. The molecule has 0 bridgehead atoms. The van der Waals surface area contributed by atoms with Gasteiger partial charge in [-0.1, -0.05) is 24.3 Å². The van der Waals surface area contributed by atoms with Gasteiger partial charge in [0.1, 0.15) is 5.69 Å². The van der Waals surface area contributed by atoms with E-state index in [1.54, 1.807) is 0 Å². The summed E-state index contributed by atoms with van der Waals surface area (Å²) in [6.07, 6.45) is 6.56. The second kappa shape index (κ2) is 4.57. The number of carboxylic acid groups (broad SMARTS) is 1. The Labute approximate surface area is 112 Å². The van der Waals surface area contributed by atoms with E-state index in [1.807, 2.05) is 25.1 Å². The summed E-state index contributed by atoms with van der Waals surface area (Å²) in [6.45, 7) is 2.00. The number of benzene rings is 1. The summed E-state index contributed by atoms with van der Waals surface area (Å²) in [5.74, 6) is -0.878. The normalized spacial score (nSPS) is 15.5. The van der Waals surface area contributed by atoms with Crippen molar-refractivity contribution in [1.82, 2.24) is 4.98 Å². The van der Waals surface area contributed by atoms with Crippen molar-refractivity contribution in [2.45, 2.75) is 32.6 Å². The monoisotopic (exact) mass is 255 g/mol. The van der Waals surface area contributed by atoms with Crippen molar-refractivity contribution < 1.29 is 9.90 Å². The number of para-hydroxylation sites is 1. The Hall–Kier alpha value is -2.03. The molecule has 0 radical (unpaired) electrons. The Morgan fingerprint density at radius 2 is 2.16 bits per heavy atom. The molecular formula is C16H17NO2. The first-order chi connectivity index (χ1) is 9.18.